The van der Waals surface area contributed by atoms with Crippen LogP contribution in [0.1, 0.15) is 48.5 Å². The Morgan fingerprint density at radius 3 is 1.86 bits per heavy atom. The van der Waals surface area contributed by atoms with Crippen LogP contribution in [0.25, 0.3) is 0 Å². The second-order valence-corrected chi connectivity index (χ2v) is 8.10. The molecule has 0 aliphatic carbocycles. The van der Waals surface area contributed by atoms with Crippen LogP contribution >= 0.6 is 0 Å². The second-order valence-electron chi connectivity index (χ2n) is 8.10. The van der Waals surface area contributed by atoms with Crippen molar-refractivity contribution in [2.24, 2.45) is 5.92 Å². The molecule has 1 saturated heterocycles. The molecule has 1 aliphatic heterocycles. The van der Waals surface area contributed by atoms with E-state index in [-0.39, 0.29) is 18.0 Å². The molecule has 3 aromatic rings. The van der Waals surface area contributed by atoms with E-state index in [9.17, 15) is 5.11 Å². The fourth-order valence-corrected chi connectivity index (χ4v) is 5.29. The maximum absolute atomic E-state index is 12.2. The molecule has 0 radical (unpaired) electrons. The van der Waals surface area contributed by atoms with Gasteiger partial charge in [-0.2, -0.15) is 0 Å². The summed E-state index contributed by atoms with van der Waals surface area (Å²) in [6.45, 7) is 2.21. The third kappa shape index (κ3) is 3.28. The smallest absolute Gasteiger partial charge is 0.119 e. The van der Waals surface area contributed by atoms with Gasteiger partial charge in [0.15, 0.2) is 0 Å². The van der Waals surface area contributed by atoms with Gasteiger partial charge in [0, 0.05) is 23.5 Å². The van der Waals surface area contributed by atoms with Gasteiger partial charge in [0.2, 0.25) is 0 Å². The third-order valence-electron chi connectivity index (χ3n) is 6.65. The molecule has 3 aromatic carbocycles. The van der Waals surface area contributed by atoms with E-state index in [4.69, 9.17) is 0 Å². The molecular formula is C26H30NO+. The number of aliphatic hydroxyl groups is 1. The first-order chi connectivity index (χ1) is 13.6. The molecule has 144 valence electrons. The SMILES string of the molecule is CC[C@H]1[C@H](c2ccccc2)[NH+](C)[C@H](c2ccccc2)C[C@]1(O)c1ccccc1. The predicted molar refractivity (Wildman–Crippen MR) is 114 cm³/mol. The predicted octanol–water partition coefficient (Wildman–Crippen LogP) is 4.30. The van der Waals surface area contributed by atoms with Gasteiger partial charge < -0.3 is 10.0 Å². The molecule has 0 saturated carbocycles. The number of benzene rings is 3. The number of likely N-dealkylation sites (tertiary alicyclic amines) is 1. The lowest BCUT2D eigenvalue weighted by Crippen LogP contribution is -3.12. The molecule has 1 aliphatic rings. The molecule has 0 aromatic heterocycles. The Balaban J connectivity index is 1.86. The van der Waals surface area contributed by atoms with E-state index in [1.165, 1.54) is 16.0 Å². The molecule has 0 bridgehead atoms. The molecule has 2 nitrogen and oxygen atoms in total. The van der Waals surface area contributed by atoms with Crippen LogP contribution in [-0.4, -0.2) is 12.2 Å². The van der Waals surface area contributed by atoms with Gasteiger partial charge in [0.25, 0.3) is 0 Å². The first-order valence-corrected chi connectivity index (χ1v) is 10.4. The maximum atomic E-state index is 12.2. The van der Waals surface area contributed by atoms with Crippen LogP contribution in [0.5, 0.6) is 0 Å². The van der Waals surface area contributed by atoms with E-state index in [1.54, 1.807) is 0 Å². The molecular weight excluding hydrogens is 342 g/mol. The van der Waals surface area contributed by atoms with Gasteiger partial charge >= 0.3 is 0 Å². The summed E-state index contributed by atoms with van der Waals surface area (Å²) in [7, 11) is 2.29. The van der Waals surface area contributed by atoms with Gasteiger partial charge in [-0.1, -0.05) is 97.9 Å². The van der Waals surface area contributed by atoms with Crippen LogP contribution in [0.4, 0.5) is 0 Å². The molecule has 2 heteroatoms. The highest BCUT2D eigenvalue weighted by Crippen LogP contribution is 2.47. The van der Waals surface area contributed by atoms with Gasteiger partial charge in [0.05, 0.1) is 7.05 Å². The lowest BCUT2D eigenvalue weighted by atomic mass is 9.66. The van der Waals surface area contributed by atoms with E-state index in [2.05, 4.69) is 86.8 Å². The summed E-state index contributed by atoms with van der Waals surface area (Å²) >= 11 is 0. The van der Waals surface area contributed by atoms with Crippen LogP contribution in [0.2, 0.25) is 0 Å². The Labute approximate surface area is 168 Å². The number of hydrogen-bond acceptors (Lipinski definition) is 1. The van der Waals surface area contributed by atoms with Crippen molar-refractivity contribution in [1.82, 2.24) is 0 Å². The summed E-state index contributed by atoms with van der Waals surface area (Å²) in [4.78, 5) is 1.46. The Morgan fingerprint density at radius 1 is 0.821 bits per heavy atom. The molecule has 5 atom stereocenters. The van der Waals surface area contributed by atoms with Gasteiger partial charge in [-0.15, -0.1) is 0 Å². The van der Waals surface area contributed by atoms with E-state index in [0.29, 0.717) is 0 Å². The normalized spacial score (nSPS) is 30.1. The van der Waals surface area contributed by atoms with Crippen LogP contribution in [0, 0.1) is 5.92 Å². The Morgan fingerprint density at radius 2 is 1.32 bits per heavy atom. The first-order valence-electron chi connectivity index (χ1n) is 10.4. The highest BCUT2D eigenvalue weighted by Gasteiger charge is 2.53. The van der Waals surface area contributed by atoms with Crippen molar-refractivity contribution in [2.75, 3.05) is 7.05 Å². The lowest BCUT2D eigenvalue weighted by Gasteiger charge is -2.50. The van der Waals surface area contributed by atoms with Crippen molar-refractivity contribution in [2.45, 2.75) is 37.5 Å². The van der Waals surface area contributed by atoms with Crippen molar-refractivity contribution in [1.29, 1.82) is 0 Å². The van der Waals surface area contributed by atoms with E-state index in [0.717, 1.165) is 18.4 Å². The summed E-state index contributed by atoms with van der Waals surface area (Å²) in [5, 5.41) is 12.2. The van der Waals surface area contributed by atoms with Gasteiger partial charge in [-0.05, 0) is 12.0 Å². The Bertz CT molecular complexity index is 880. The maximum Gasteiger partial charge on any atom is 0.119 e. The molecule has 1 heterocycles. The molecule has 28 heavy (non-hydrogen) atoms. The highest BCUT2D eigenvalue weighted by atomic mass is 16.3. The minimum Gasteiger partial charge on any atom is -0.384 e. The van der Waals surface area contributed by atoms with Crippen molar-refractivity contribution in [3.63, 3.8) is 0 Å². The molecule has 1 unspecified atom stereocenters. The van der Waals surface area contributed by atoms with Crippen molar-refractivity contribution in [3.05, 3.63) is 108 Å². The fourth-order valence-electron chi connectivity index (χ4n) is 5.29. The molecule has 4 rings (SSSR count). The van der Waals surface area contributed by atoms with Gasteiger partial charge in [0.1, 0.15) is 17.7 Å². The first kappa shape index (κ1) is 18.9. The van der Waals surface area contributed by atoms with Gasteiger partial charge in [-0.25, -0.2) is 0 Å². The van der Waals surface area contributed by atoms with Crippen LogP contribution < -0.4 is 4.90 Å². The standard InChI is InChI=1S/C26H29NO/c1-3-23-25(21-15-9-5-10-16-21)27(2)24(20-13-7-4-8-14-20)19-26(23,28)22-17-11-6-12-18-22/h4-18,23-25,28H,3,19H2,1-2H3/p+1/t23-,24-,25-,26-/m0/s1. The minimum atomic E-state index is -0.851. The van der Waals surface area contributed by atoms with Crippen molar-refractivity contribution >= 4 is 0 Å². The summed E-state index contributed by atoms with van der Waals surface area (Å²) in [5.41, 5.74) is 2.79. The number of nitrogens with one attached hydrogen (secondary N) is 1. The van der Waals surface area contributed by atoms with Crippen molar-refractivity contribution < 1.29 is 10.0 Å². The van der Waals surface area contributed by atoms with Crippen LogP contribution in [0.15, 0.2) is 91.0 Å². The third-order valence-corrected chi connectivity index (χ3v) is 6.65. The Hall–Kier alpha value is -2.42. The molecule has 2 N–H and O–H groups in total. The zero-order chi connectivity index (χ0) is 19.6. The zero-order valence-electron chi connectivity index (χ0n) is 16.8. The second kappa shape index (κ2) is 7.90. The number of quaternary nitrogens is 1. The summed E-state index contributed by atoms with van der Waals surface area (Å²) in [6.07, 6.45) is 1.67. The van der Waals surface area contributed by atoms with Crippen LogP contribution in [0.3, 0.4) is 0 Å². The van der Waals surface area contributed by atoms with E-state index in [1.807, 2.05) is 18.2 Å². The van der Waals surface area contributed by atoms with Crippen LogP contribution in [-0.2, 0) is 5.60 Å². The zero-order valence-corrected chi connectivity index (χ0v) is 16.8. The Kier molecular flexibility index (Phi) is 5.34. The number of hydrogen-bond donors (Lipinski definition) is 2. The molecule has 1 fully saturated rings. The van der Waals surface area contributed by atoms with E-state index < -0.39 is 5.60 Å². The fraction of sp³-hybridized carbons (Fsp3) is 0.308. The number of piperidine rings is 1. The summed E-state index contributed by atoms with van der Waals surface area (Å²) in [5.74, 6) is 0.150. The van der Waals surface area contributed by atoms with E-state index >= 15 is 0 Å². The highest BCUT2D eigenvalue weighted by molar-refractivity contribution is 5.29. The average Bonchev–Trinajstić information content (AvgIpc) is 2.76. The largest absolute Gasteiger partial charge is 0.384 e. The summed E-state index contributed by atoms with van der Waals surface area (Å²) < 4.78 is 0. The number of rotatable bonds is 4. The quantitative estimate of drug-likeness (QED) is 0.701. The average molecular weight is 373 g/mol. The minimum absolute atomic E-state index is 0.150. The monoisotopic (exact) mass is 372 g/mol. The molecule has 0 amide bonds. The molecule has 0 spiro atoms. The van der Waals surface area contributed by atoms with Gasteiger partial charge in [-0.3, -0.25) is 0 Å². The van der Waals surface area contributed by atoms with Crippen molar-refractivity contribution in [3.8, 4) is 0 Å². The summed E-state index contributed by atoms with van der Waals surface area (Å²) in [6, 6.07) is 32.2. The topological polar surface area (TPSA) is 24.7 Å². The lowest BCUT2D eigenvalue weighted by molar-refractivity contribution is -0.958.